The molecule has 0 heterocycles. The predicted molar refractivity (Wildman–Crippen MR) is 71.4 cm³/mol. The molecule has 0 atom stereocenters. The lowest BCUT2D eigenvalue weighted by atomic mass is 9.94. The Morgan fingerprint density at radius 1 is 1.28 bits per heavy atom. The molecule has 0 aromatic rings. The van der Waals surface area contributed by atoms with E-state index in [0.717, 1.165) is 32.1 Å². The monoisotopic (exact) mass is 257 g/mol. The maximum Gasteiger partial charge on any atom is 0.220 e. The summed E-state index contributed by atoms with van der Waals surface area (Å²) in [5.74, 6) is 0.0207. The van der Waals surface area contributed by atoms with Gasteiger partial charge in [0.15, 0.2) is 0 Å². The number of ether oxygens (including phenoxy) is 1. The van der Waals surface area contributed by atoms with E-state index >= 15 is 0 Å². The lowest BCUT2D eigenvalue weighted by Gasteiger charge is -2.26. The molecule has 1 aliphatic rings. The van der Waals surface area contributed by atoms with E-state index in [-0.39, 0.29) is 5.91 Å². The van der Waals surface area contributed by atoms with Crippen LogP contribution in [0.25, 0.3) is 0 Å². The second kappa shape index (κ2) is 8.48. The number of amides is 1. The van der Waals surface area contributed by atoms with Gasteiger partial charge in [-0.15, -0.1) is 0 Å². The minimum Gasteiger partial charge on any atom is -0.388 e. The fraction of sp³-hybridized carbons (Fsp3) is 0.929. The summed E-state index contributed by atoms with van der Waals surface area (Å²) in [6, 6.07) is 0. The summed E-state index contributed by atoms with van der Waals surface area (Å²) in [4.78, 5) is 11.6. The third-order valence-corrected chi connectivity index (χ3v) is 3.55. The molecule has 0 radical (unpaired) electrons. The van der Waals surface area contributed by atoms with Crippen molar-refractivity contribution in [2.24, 2.45) is 0 Å². The fourth-order valence-corrected chi connectivity index (χ4v) is 2.39. The van der Waals surface area contributed by atoms with Crippen LogP contribution in [0.1, 0.15) is 58.3 Å². The summed E-state index contributed by atoms with van der Waals surface area (Å²) < 4.78 is 5.19. The van der Waals surface area contributed by atoms with Gasteiger partial charge in [0.05, 0.1) is 5.60 Å². The number of nitrogens with one attached hydrogen (secondary N) is 1. The first kappa shape index (κ1) is 15.4. The standard InChI is InChI=1S/C14H27NO3/c1-2-18-11-7-8-13(16)15-12-14(17)9-5-3-4-6-10-14/h17H,2-12H2,1H3,(H,15,16). The van der Waals surface area contributed by atoms with E-state index in [4.69, 9.17) is 4.74 Å². The molecule has 1 amide bonds. The molecule has 0 aliphatic heterocycles. The van der Waals surface area contributed by atoms with Gasteiger partial charge in [0.1, 0.15) is 0 Å². The highest BCUT2D eigenvalue weighted by Gasteiger charge is 2.28. The molecule has 18 heavy (non-hydrogen) atoms. The minimum absolute atomic E-state index is 0.0207. The molecule has 4 nitrogen and oxygen atoms in total. The van der Waals surface area contributed by atoms with Gasteiger partial charge in [0.25, 0.3) is 0 Å². The van der Waals surface area contributed by atoms with Gasteiger partial charge in [-0.1, -0.05) is 25.7 Å². The predicted octanol–water partition coefficient (Wildman–Crippen LogP) is 2.00. The molecule has 4 heteroatoms. The zero-order valence-electron chi connectivity index (χ0n) is 11.5. The average Bonchev–Trinajstić information content (AvgIpc) is 2.58. The summed E-state index contributed by atoms with van der Waals surface area (Å²) >= 11 is 0. The number of hydrogen-bond donors (Lipinski definition) is 2. The number of aliphatic hydroxyl groups is 1. The van der Waals surface area contributed by atoms with Gasteiger partial charge in [0.2, 0.25) is 5.91 Å². The van der Waals surface area contributed by atoms with Crippen LogP contribution in [0.5, 0.6) is 0 Å². The molecular weight excluding hydrogens is 230 g/mol. The third-order valence-electron chi connectivity index (χ3n) is 3.55. The van der Waals surface area contributed by atoms with Crippen molar-refractivity contribution < 1.29 is 14.6 Å². The summed E-state index contributed by atoms with van der Waals surface area (Å²) in [6.45, 7) is 3.68. The summed E-state index contributed by atoms with van der Waals surface area (Å²) in [6.07, 6.45) is 7.38. The van der Waals surface area contributed by atoms with Crippen molar-refractivity contribution in [2.45, 2.75) is 63.9 Å². The summed E-state index contributed by atoms with van der Waals surface area (Å²) in [5.41, 5.74) is -0.675. The Balaban J connectivity index is 2.15. The highest BCUT2D eigenvalue weighted by Crippen LogP contribution is 2.26. The van der Waals surface area contributed by atoms with E-state index in [2.05, 4.69) is 5.32 Å². The van der Waals surface area contributed by atoms with E-state index < -0.39 is 5.60 Å². The normalized spacial score (nSPS) is 19.2. The molecule has 1 rings (SSSR count). The molecule has 0 bridgehead atoms. The largest absolute Gasteiger partial charge is 0.388 e. The van der Waals surface area contributed by atoms with E-state index in [1.54, 1.807) is 0 Å². The Morgan fingerprint density at radius 2 is 1.94 bits per heavy atom. The molecule has 0 saturated heterocycles. The molecule has 1 fully saturated rings. The SMILES string of the molecule is CCOCCCC(=O)NCC1(O)CCCCCC1. The van der Waals surface area contributed by atoms with Crippen molar-refractivity contribution in [3.05, 3.63) is 0 Å². The fourth-order valence-electron chi connectivity index (χ4n) is 2.39. The number of rotatable bonds is 7. The second-order valence-electron chi connectivity index (χ2n) is 5.22. The molecule has 0 spiro atoms. The molecule has 0 aromatic heterocycles. The number of carbonyl (C=O) groups excluding carboxylic acids is 1. The minimum atomic E-state index is -0.675. The van der Waals surface area contributed by atoms with Crippen LogP contribution in [0, 0.1) is 0 Å². The average molecular weight is 257 g/mol. The molecular formula is C14H27NO3. The summed E-state index contributed by atoms with van der Waals surface area (Å²) in [7, 11) is 0. The lowest BCUT2D eigenvalue weighted by molar-refractivity contribution is -0.122. The van der Waals surface area contributed by atoms with E-state index in [9.17, 15) is 9.90 Å². The van der Waals surface area contributed by atoms with Gasteiger partial charge in [0, 0.05) is 26.2 Å². The Hall–Kier alpha value is -0.610. The Kier molecular flexibility index (Phi) is 7.28. The van der Waals surface area contributed by atoms with Crippen LogP contribution in [0.3, 0.4) is 0 Å². The van der Waals surface area contributed by atoms with Crippen molar-refractivity contribution in [1.29, 1.82) is 0 Å². The quantitative estimate of drug-likeness (QED) is 0.542. The molecule has 0 unspecified atom stereocenters. The van der Waals surface area contributed by atoms with Crippen LogP contribution >= 0.6 is 0 Å². The summed E-state index contributed by atoms with van der Waals surface area (Å²) in [5, 5.41) is 13.2. The van der Waals surface area contributed by atoms with Crippen molar-refractivity contribution >= 4 is 5.91 Å². The zero-order valence-corrected chi connectivity index (χ0v) is 11.5. The van der Waals surface area contributed by atoms with Crippen molar-refractivity contribution in [3.63, 3.8) is 0 Å². The van der Waals surface area contributed by atoms with Gasteiger partial charge >= 0.3 is 0 Å². The molecule has 1 saturated carbocycles. The molecule has 1 aliphatic carbocycles. The van der Waals surface area contributed by atoms with Crippen LogP contribution < -0.4 is 5.32 Å². The topological polar surface area (TPSA) is 58.6 Å². The van der Waals surface area contributed by atoms with E-state index in [0.29, 0.717) is 26.2 Å². The van der Waals surface area contributed by atoms with E-state index in [1.807, 2.05) is 6.92 Å². The van der Waals surface area contributed by atoms with Crippen LogP contribution in [0.4, 0.5) is 0 Å². The van der Waals surface area contributed by atoms with Gasteiger partial charge in [-0.2, -0.15) is 0 Å². The third kappa shape index (κ3) is 6.36. The number of hydrogen-bond acceptors (Lipinski definition) is 3. The lowest BCUT2D eigenvalue weighted by Crippen LogP contribution is -2.42. The van der Waals surface area contributed by atoms with Crippen molar-refractivity contribution in [3.8, 4) is 0 Å². The highest BCUT2D eigenvalue weighted by molar-refractivity contribution is 5.75. The first-order chi connectivity index (χ1) is 8.66. The maximum atomic E-state index is 11.6. The second-order valence-corrected chi connectivity index (χ2v) is 5.22. The van der Waals surface area contributed by atoms with Gasteiger partial charge < -0.3 is 15.2 Å². The first-order valence-electron chi connectivity index (χ1n) is 7.23. The zero-order chi connectivity index (χ0) is 13.3. The first-order valence-corrected chi connectivity index (χ1v) is 7.23. The Bertz CT molecular complexity index is 235. The van der Waals surface area contributed by atoms with Crippen molar-refractivity contribution in [2.75, 3.05) is 19.8 Å². The molecule has 106 valence electrons. The van der Waals surface area contributed by atoms with Crippen LogP contribution in [0.15, 0.2) is 0 Å². The smallest absolute Gasteiger partial charge is 0.220 e. The number of carbonyl (C=O) groups is 1. The van der Waals surface area contributed by atoms with Gasteiger partial charge in [-0.25, -0.2) is 0 Å². The van der Waals surface area contributed by atoms with Gasteiger partial charge in [-0.3, -0.25) is 4.79 Å². The molecule has 2 N–H and O–H groups in total. The molecule has 0 aromatic carbocycles. The van der Waals surface area contributed by atoms with Crippen molar-refractivity contribution in [1.82, 2.24) is 5.32 Å². The highest BCUT2D eigenvalue weighted by atomic mass is 16.5. The van der Waals surface area contributed by atoms with Crippen LogP contribution in [0.2, 0.25) is 0 Å². The van der Waals surface area contributed by atoms with Crippen LogP contribution in [-0.4, -0.2) is 36.4 Å². The maximum absolute atomic E-state index is 11.6. The van der Waals surface area contributed by atoms with E-state index in [1.165, 1.54) is 12.8 Å². The van der Waals surface area contributed by atoms with Gasteiger partial charge in [-0.05, 0) is 26.2 Å². The Labute approximate surface area is 110 Å². The Morgan fingerprint density at radius 3 is 2.56 bits per heavy atom. The van der Waals surface area contributed by atoms with Crippen LogP contribution in [-0.2, 0) is 9.53 Å².